The van der Waals surface area contributed by atoms with Crippen molar-refractivity contribution < 1.29 is 27.4 Å². The number of amides is 1. The van der Waals surface area contributed by atoms with E-state index < -0.39 is 11.7 Å². The molecule has 0 N–H and O–H groups in total. The van der Waals surface area contributed by atoms with E-state index in [1.807, 2.05) is 4.90 Å². The standard InChI is InChI=1S/C31H38F3N7O3/c1-3-28(42)41-15-14-40(19-23(41)9-11-35)29-24-10-13-39(27-8-5-4-7-25(27)31(32,33)34)20-26(24)36-30(37-29)44-17-6-12-38-16-18-43-21-22(38)2/h3-5,7-8,22-23H,1,6,9-10,12-21H2,2H3/t22-,23?/m1/s1. The highest BCUT2D eigenvalue weighted by molar-refractivity contribution is 5.87. The van der Waals surface area contributed by atoms with Crippen LogP contribution in [0.2, 0.25) is 0 Å². The molecule has 5 rings (SSSR count). The normalized spacial score (nSPS) is 21.0. The molecule has 13 heteroatoms. The van der Waals surface area contributed by atoms with Gasteiger partial charge >= 0.3 is 12.2 Å². The van der Waals surface area contributed by atoms with Gasteiger partial charge in [-0.1, -0.05) is 18.7 Å². The second-order valence-corrected chi connectivity index (χ2v) is 11.3. The number of nitrogens with zero attached hydrogens (tertiary/aromatic N) is 7. The number of para-hydroxylation sites is 1. The minimum Gasteiger partial charge on any atom is -0.463 e. The molecule has 2 atom stereocenters. The first-order chi connectivity index (χ1) is 21.2. The first-order valence-electron chi connectivity index (χ1n) is 15.0. The van der Waals surface area contributed by atoms with E-state index in [1.54, 1.807) is 15.9 Å². The highest BCUT2D eigenvalue weighted by Crippen LogP contribution is 2.39. The summed E-state index contributed by atoms with van der Waals surface area (Å²) in [4.78, 5) is 29.7. The number of piperazine rings is 1. The zero-order valence-electron chi connectivity index (χ0n) is 24.9. The van der Waals surface area contributed by atoms with Gasteiger partial charge in [-0.15, -0.1) is 0 Å². The van der Waals surface area contributed by atoms with E-state index in [1.165, 1.54) is 18.2 Å². The SMILES string of the molecule is C=CC(=O)N1CCN(c2nc(OCCCN3CCOC[C@H]3C)nc3c2CCN(c2ccccc2C(F)(F)F)C3)CC1CC#N. The van der Waals surface area contributed by atoms with E-state index in [2.05, 4.69) is 24.5 Å². The maximum absolute atomic E-state index is 13.9. The van der Waals surface area contributed by atoms with Crippen LogP contribution in [0, 0.1) is 11.3 Å². The lowest BCUT2D eigenvalue weighted by molar-refractivity contribution is -0.137. The first-order valence-corrected chi connectivity index (χ1v) is 15.0. The van der Waals surface area contributed by atoms with Gasteiger partial charge in [-0.05, 0) is 38.0 Å². The van der Waals surface area contributed by atoms with E-state index in [-0.39, 0.29) is 36.6 Å². The van der Waals surface area contributed by atoms with Gasteiger partial charge in [0, 0.05) is 56.6 Å². The lowest BCUT2D eigenvalue weighted by Crippen LogP contribution is -2.55. The summed E-state index contributed by atoms with van der Waals surface area (Å²) in [6.07, 6.45) is -1.91. The highest BCUT2D eigenvalue weighted by atomic mass is 19.4. The number of ether oxygens (including phenoxy) is 2. The summed E-state index contributed by atoms with van der Waals surface area (Å²) in [6, 6.07) is 7.90. The van der Waals surface area contributed by atoms with Crippen LogP contribution < -0.4 is 14.5 Å². The molecule has 10 nitrogen and oxygen atoms in total. The molecule has 2 fully saturated rings. The van der Waals surface area contributed by atoms with Crippen molar-refractivity contribution >= 4 is 17.4 Å². The van der Waals surface area contributed by atoms with E-state index in [4.69, 9.17) is 19.4 Å². The zero-order valence-corrected chi connectivity index (χ0v) is 24.9. The molecule has 44 heavy (non-hydrogen) atoms. The quantitative estimate of drug-likeness (QED) is 0.310. The van der Waals surface area contributed by atoms with Crippen molar-refractivity contribution in [3.63, 3.8) is 0 Å². The lowest BCUT2D eigenvalue weighted by atomic mass is 10.0. The molecule has 3 aliphatic rings. The molecule has 2 saturated heterocycles. The van der Waals surface area contributed by atoms with Gasteiger partial charge < -0.3 is 24.2 Å². The number of carbonyl (C=O) groups is 1. The number of alkyl halides is 3. The zero-order chi connectivity index (χ0) is 31.3. The number of anilines is 2. The Morgan fingerprint density at radius 1 is 1.20 bits per heavy atom. The molecule has 2 aromatic rings. The van der Waals surface area contributed by atoms with E-state index in [9.17, 15) is 23.2 Å². The number of morpholine rings is 1. The van der Waals surface area contributed by atoms with Crippen LogP contribution in [0.25, 0.3) is 0 Å². The Kier molecular flexibility index (Phi) is 9.90. The molecule has 1 aromatic heterocycles. The fourth-order valence-electron chi connectivity index (χ4n) is 6.17. The number of nitriles is 1. The third-order valence-corrected chi connectivity index (χ3v) is 8.47. The summed E-state index contributed by atoms with van der Waals surface area (Å²) in [5, 5.41) is 9.46. The maximum Gasteiger partial charge on any atom is 0.418 e. The molecular formula is C31H38F3N7O3. The number of rotatable bonds is 9. The van der Waals surface area contributed by atoms with Crippen LogP contribution in [-0.4, -0.2) is 96.8 Å². The van der Waals surface area contributed by atoms with Crippen LogP contribution in [0.15, 0.2) is 36.9 Å². The summed E-state index contributed by atoms with van der Waals surface area (Å²) in [5.41, 5.74) is 0.878. The van der Waals surface area contributed by atoms with Gasteiger partial charge in [0.05, 0.1) is 56.2 Å². The Morgan fingerprint density at radius 2 is 2.02 bits per heavy atom. The van der Waals surface area contributed by atoms with Crippen molar-refractivity contribution in [2.45, 2.75) is 51.0 Å². The minimum atomic E-state index is -4.49. The lowest BCUT2D eigenvalue weighted by Gasteiger charge is -2.42. The van der Waals surface area contributed by atoms with Gasteiger partial charge in [-0.3, -0.25) is 9.69 Å². The van der Waals surface area contributed by atoms with Crippen LogP contribution in [0.1, 0.15) is 36.6 Å². The van der Waals surface area contributed by atoms with Gasteiger partial charge in [-0.2, -0.15) is 28.4 Å². The van der Waals surface area contributed by atoms with Crippen molar-refractivity contribution in [1.82, 2.24) is 19.8 Å². The van der Waals surface area contributed by atoms with E-state index >= 15 is 0 Å². The van der Waals surface area contributed by atoms with Gasteiger partial charge in [0.25, 0.3) is 0 Å². The van der Waals surface area contributed by atoms with Crippen molar-refractivity contribution in [2.24, 2.45) is 0 Å². The topological polar surface area (TPSA) is 98.1 Å². The minimum absolute atomic E-state index is 0.110. The van der Waals surface area contributed by atoms with Gasteiger partial charge in [0.1, 0.15) is 5.82 Å². The highest BCUT2D eigenvalue weighted by Gasteiger charge is 2.37. The molecule has 4 heterocycles. The molecule has 1 aromatic carbocycles. The first kappa shape index (κ1) is 31.5. The molecule has 1 unspecified atom stereocenters. The summed E-state index contributed by atoms with van der Waals surface area (Å²) >= 11 is 0. The largest absolute Gasteiger partial charge is 0.463 e. The van der Waals surface area contributed by atoms with Crippen LogP contribution in [0.5, 0.6) is 6.01 Å². The monoisotopic (exact) mass is 613 g/mol. The van der Waals surface area contributed by atoms with Crippen molar-refractivity contribution in [2.75, 3.05) is 68.9 Å². The maximum atomic E-state index is 13.9. The fraction of sp³-hybridized carbons (Fsp3) is 0.548. The van der Waals surface area contributed by atoms with Crippen LogP contribution >= 0.6 is 0 Å². The predicted octanol–water partition coefficient (Wildman–Crippen LogP) is 3.66. The van der Waals surface area contributed by atoms with Crippen LogP contribution in [0.4, 0.5) is 24.7 Å². The van der Waals surface area contributed by atoms with Crippen molar-refractivity contribution in [1.29, 1.82) is 5.26 Å². The molecule has 1 amide bonds. The molecule has 0 bridgehead atoms. The molecule has 3 aliphatic heterocycles. The Hall–Kier alpha value is -3.89. The Morgan fingerprint density at radius 3 is 2.77 bits per heavy atom. The number of hydrogen-bond donors (Lipinski definition) is 0. The average molecular weight is 614 g/mol. The smallest absolute Gasteiger partial charge is 0.418 e. The molecule has 0 spiro atoms. The Bertz CT molecular complexity index is 1380. The third kappa shape index (κ3) is 7.08. The molecule has 0 aliphatic carbocycles. The molecule has 0 radical (unpaired) electrons. The third-order valence-electron chi connectivity index (χ3n) is 8.47. The van der Waals surface area contributed by atoms with Crippen molar-refractivity contribution in [3.8, 4) is 12.1 Å². The fourth-order valence-corrected chi connectivity index (χ4v) is 6.17. The Balaban J connectivity index is 1.40. The predicted molar refractivity (Wildman–Crippen MR) is 158 cm³/mol. The summed E-state index contributed by atoms with van der Waals surface area (Å²) in [7, 11) is 0. The van der Waals surface area contributed by atoms with Crippen LogP contribution in [-0.2, 0) is 28.7 Å². The number of fused-ring (bicyclic) bond motifs is 1. The second kappa shape index (κ2) is 13.8. The second-order valence-electron chi connectivity index (χ2n) is 11.3. The summed E-state index contributed by atoms with van der Waals surface area (Å²) < 4.78 is 53.2. The van der Waals surface area contributed by atoms with Gasteiger partial charge in [0.15, 0.2) is 0 Å². The molecule has 0 saturated carbocycles. The number of aromatic nitrogens is 2. The van der Waals surface area contributed by atoms with Crippen molar-refractivity contribution in [3.05, 3.63) is 53.7 Å². The van der Waals surface area contributed by atoms with E-state index in [0.29, 0.717) is 70.0 Å². The number of benzene rings is 1. The Labute approximate surface area is 255 Å². The summed E-state index contributed by atoms with van der Waals surface area (Å²) in [6.45, 7) is 10.9. The van der Waals surface area contributed by atoms with Gasteiger partial charge in [-0.25, -0.2) is 0 Å². The number of carbonyl (C=O) groups excluding carboxylic acids is 1. The average Bonchev–Trinajstić information content (AvgIpc) is 3.02. The van der Waals surface area contributed by atoms with E-state index in [0.717, 1.165) is 31.1 Å². The number of halogens is 3. The van der Waals surface area contributed by atoms with Gasteiger partial charge in [0.2, 0.25) is 5.91 Å². The number of hydrogen-bond acceptors (Lipinski definition) is 9. The summed E-state index contributed by atoms with van der Waals surface area (Å²) in [5.74, 6) is 0.413. The molecular weight excluding hydrogens is 575 g/mol. The van der Waals surface area contributed by atoms with Crippen LogP contribution in [0.3, 0.4) is 0 Å². The molecule has 236 valence electrons.